The summed E-state index contributed by atoms with van der Waals surface area (Å²) in [7, 11) is 0. The molecule has 26 heavy (non-hydrogen) atoms. The first-order valence-corrected chi connectivity index (χ1v) is 9.89. The highest BCUT2D eigenvalue weighted by atomic mass is 16.2. The molecule has 0 aromatic heterocycles. The summed E-state index contributed by atoms with van der Waals surface area (Å²) < 4.78 is 0. The lowest BCUT2D eigenvalue weighted by Gasteiger charge is -2.42. The molecule has 146 valence electrons. The van der Waals surface area contributed by atoms with Crippen molar-refractivity contribution in [2.75, 3.05) is 26.2 Å². The summed E-state index contributed by atoms with van der Waals surface area (Å²) >= 11 is 0. The minimum Gasteiger partial charge on any atom is -0.354 e. The van der Waals surface area contributed by atoms with Crippen LogP contribution in [0.2, 0.25) is 0 Å². The molecule has 3 N–H and O–H groups in total. The molecule has 0 atom stereocenters. The van der Waals surface area contributed by atoms with Gasteiger partial charge in [0, 0.05) is 25.6 Å². The second-order valence-corrected chi connectivity index (χ2v) is 8.85. The molecule has 2 saturated heterocycles. The van der Waals surface area contributed by atoms with Gasteiger partial charge in [-0.1, -0.05) is 27.2 Å². The lowest BCUT2D eigenvalue weighted by molar-refractivity contribution is -0.136. The van der Waals surface area contributed by atoms with Crippen molar-refractivity contribution in [1.29, 1.82) is 0 Å². The van der Waals surface area contributed by atoms with Crippen LogP contribution >= 0.6 is 0 Å². The van der Waals surface area contributed by atoms with Gasteiger partial charge in [-0.05, 0) is 37.0 Å². The highest BCUT2D eigenvalue weighted by Gasteiger charge is 2.53. The van der Waals surface area contributed by atoms with E-state index in [9.17, 15) is 14.4 Å². The van der Waals surface area contributed by atoms with Crippen LogP contribution in [0.25, 0.3) is 0 Å². The van der Waals surface area contributed by atoms with Gasteiger partial charge in [-0.15, -0.1) is 0 Å². The van der Waals surface area contributed by atoms with Gasteiger partial charge in [0.15, 0.2) is 0 Å². The summed E-state index contributed by atoms with van der Waals surface area (Å²) in [4.78, 5) is 38.5. The SMILES string of the molecule is CCC(C)(C)C1CCC2(CC1)NC(=O)N(CC(=O)NCC1CNC1)C2=O. The Balaban J connectivity index is 1.56. The number of rotatable bonds is 6. The topological polar surface area (TPSA) is 90.5 Å². The molecule has 3 fully saturated rings. The van der Waals surface area contributed by atoms with Crippen LogP contribution in [0.1, 0.15) is 52.9 Å². The molecular formula is C19H32N4O3. The first-order chi connectivity index (χ1) is 12.3. The predicted octanol–water partition coefficient (Wildman–Crippen LogP) is 1.24. The molecule has 2 aliphatic heterocycles. The van der Waals surface area contributed by atoms with Crippen LogP contribution in [0, 0.1) is 17.3 Å². The van der Waals surface area contributed by atoms with Gasteiger partial charge in [-0.3, -0.25) is 14.5 Å². The van der Waals surface area contributed by atoms with E-state index in [0.29, 0.717) is 31.2 Å². The molecule has 1 saturated carbocycles. The largest absolute Gasteiger partial charge is 0.354 e. The minimum absolute atomic E-state index is 0.184. The van der Waals surface area contributed by atoms with Gasteiger partial charge in [0.2, 0.25) is 5.91 Å². The fourth-order valence-corrected chi connectivity index (χ4v) is 4.29. The van der Waals surface area contributed by atoms with E-state index in [2.05, 4.69) is 36.7 Å². The molecule has 7 nitrogen and oxygen atoms in total. The number of amides is 4. The predicted molar refractivity (Wildman–Crippen MR) is 98.4 cm³/mol. The van der Waals surface area contributed by atoms with E-state index >= 15 is 0 Å². The summed E-state index contributed by atoms with van der Waals surface area (Å²) in [6.07, 6.45) is 4.30. The van der Waals surface area contributed by atoms with Crippen LogP contribution in [0.3, 0.4) is 0 Å². The molecule has 0 aromatic rings. The quantitative estimate of drug-likeness (QED) is 0.619. The molecule has 0 bridgehead atoms. The molecular weight excluding hydrogens is 332 g/mol. The summed E-state index contributed by atoms with van der Waals surface area (Å²) in [6, 6.07) is -0.427. The molecule has 0 aromatic carbocycles. The molecule has 3 aliphatic rings. The van der Waals surface area contributed by atoms with Crippen LogP contribution in [-0.2, 0) is 9.59 Å². The Labute approximate surface area is 155 Å². The second kappa shape index (κ2) is 7.18. The molecule has 1 aliphatic carbocycles. The lowest BCUT2D eigenvalue weighted by atomic mass is 9.65. The summed E-state index contributed by atoms with van der Waals surface area (Å²) in [5.74, 6) is 0.524. The number of hydrogen-bond acceptors (Lipinski definition) is 4. The first-order valence-electron chi connectivity index (χ1n) is 9.89. The van der Waals surface area contributed by atoms with Gasteiger partial charge < -0.3 is 16.0 Å². The van der Waals surface area contributed by atoms with Gasteiger partial charge in [-0.2, -0.15) is 0 Å². The van der Waals surface area contributed by atoms with Gasteiger partial charge in [-0.25, -0.2) is 4.79 Å². The van der Waals surface area contributed by atoms with Crippen LogP contribution in [0.5, 0.6) is 0 Å². The van der Waals surface area contributed by atoms with Crippen molar-refractivity contribution in [2.45, 2.75) is 58.4 Å². The maximum atomic E-state index is 12.9. The van der Waals surface area contributed by atoms with E-state index < -0.39 is 11.6 Å². The second-order valence-electron chi connectivity index (χ2n) is 8.85. The third kappa shape index (κ3) is 3.59. The average molecular weight is 364 g/mol. The Morgan fingerprint density at radius 1 is 1.27 bits per heavy atom. The zero-order valence-corrected chi connectivity index (χ0v) is 16.2. The smallest absolute Gasteiger partial charge is 0.325 e. The number of urea groups is 1. The highest BCUT2D eigenvalue weighted by Crippen LogP contribution is 2.45. The molecule has 3 rings (SSSR count). The Hall–Kier alpha value is -1.63. The molecule has 4 amide bonds. The molecule has 7 heteroatoms. The Kier molecular flexibility index (Phi) is 5.28. The van der Waals surface area contributed by atoms with Gasteiger partial charge >= 0.3 is 6.03 Å². The summed E-state index contributed by atoms with van der Waals surface area (Å²) in [6.45, 7) is 8.97. The third-order valence-electron chi connectivity index (χ3n) is 6.86. The number of carbonyl (C=O) groups is 3. The monoisotopic (exact) mass is 364 g/mol. The lowest BCUT2D eigenvalue weighted by Crippen LogP contribution is -2.51. The number of nitrogens with one attached hydrogen (secondary N) is 3. The van der Waals surface area contributed by atoms with Crippen molar-refractivity contribution >= 4 is 17.8 Å². The first kappa shape index (κ1) is 19.1. The highest BCUT2D eigenvalue weighted by molar-refractivity contribution is 6.09. The van der Waals surface area contributed by atoms with E-state index in [-0.39, 0.29) is 23.8 Å². The van der Waals surface area contributed by atoms with Gasteiger partial charge in [0.1, 0.15) is 12.1 Å². The average Bonchev–Trinajstić information content (AvgIpc) is 2.78. The summed E-state index contributed by atoms with van der Waals surface area (Å²) in [5, 5.41) is 8.87. The minimum atomic E-state index is -0.796. The number of imide groups is 1. The van der Waals surface area contributed by atoms with E-state index in [4.69, 9.17) is 0 Å². The standard InChI is InChI=1S/C19H32N4O3/c1-4-18(2,3)14-5-7-19(8-6-14)16(25)23(17(26)22-19)12-15(24)21-11-13-9-20-10-13/h13-14,20H,4-12H2,1-3H3,(H,21,24)(H,22,26). The number of nitrogens with zero attached hydrogens (tertiary/aromatic N) is 1. The maximum Gasteiger partial charge on any atom is 0.325 e. The van der Waals surface area contributed by atoms with Crippen LogP contribution in [0.4, 0.5) is 4.79 Å². The van der Waals surface area contributed by atoms with Gasteiger partial charge in [0.05, 0.1) is 0 Å². The van der Waals surface area contributed by atoms with Crippen molar-refractivity contribution in [3.05, 3.63) is 0 Å². The molecule has 0 unspecified atom stereocenters. The Bertz CT molecular complexity index is 577. The molecule has 2 heterocycles. The van der Waals surface area contributed by atoms with Crippen LogP contribution in [-0.4, -0.2) is 54.5 Å². The Morgan fingerprint density at radius 3 is 2.46 bits per heavy atom. The van der Waals surface area contributed by atoms with E-state index in [0.717, 1.165) is 37.3 Å². The zero-order chi connectivity index (χ0) is 18.9. The van der Waals surface area contributed by atoms with E-state index in [1.54, 1.807) is 0 Å². The summed E-state index contributed by atoms with van der Waals surface area (Å²) in [5.41, 5.74) is -0.543. The molecule has 1 spiro atoms. The van der Waals surface area contributed by atoms with Crippen LogP contribution in [0.15, 0.2) is 0 Å². The number of hydrogen-bond donors (Lipinski definition) is 3. The van der Waals surface area contributed by atoms with Crippen molar-refractivity contribution < 1.29 is 14.4 Å². The van der Waals surface area contributed by atoms with E-state index in [1.165, 1.54) is 0 Å². The van der Waals surface area contributed by atoms with Gasteiger partial charge in [0.25, 0.3) is 5.91 Å². The third-order valence-corrected chi connectivity index (χ3v) is 6.86. The molecule has 0 radical (unpaired) electrons. The number of carbonyl (C=O) groups excluding carboxylic acids is 3. The Morgan fingerprint density at radius 2 is 1.92 bits per heavy atom. The van der Waals surface area contributed by atoms with Crippen molar-refractivity contribution in [1.82, 2.24) is 20.9 Å². The van der Waals surface area contributed by atoms with Crippen molar-refractivity contribution in [2.24, 2.45) is 17.3 Å². The maximum absolute atomic E-state index is 12.9. The van der Waals surface area contributed by atoms with E-state index in [1.807, 2.05) is 0 Å². The fourth-order valence-electron chi connectivity index (χ4n) is 4.29. The van der Waals surface area contributed by atoms with Crippen molar-refractivity contribution in [3.63, 3.8) is 0 Å². The van der Waals surface area contributed by atoms with Crippen molar-refractivity contribution in [3.8, 4) is 0 Å². The normalized spacial score (nSPS) is 29.7. The van der Waals surface area contributed by atoms with Crippen LogP contribution < -0.4 is 16.0 Å². The zero-order valence-electron chi connectivity index (χ0n) is 16.2. The fraction of sp³-hybridized carbons (Fsp3) is 0.842.